The van der Waals surface area contributed by atoms with Crippen molar-refractivity contribution in [3.05, 3.63) is 42.6 Å². The predicted molar refractivity (Wildman–Crippen MR) is 63.2 cm³/mol. The lowest BCUT2D eigenvalue weighted by Gasteiger charge is -2.09. The molecule has 0 spiro atoms. The lowest BCUT2D eigenvalue weighted by molar-refractivity contribution is 0.233. The summed E-state index contributed by atoms with van der Waals surface area (Å²) in [6.07, 6.45) is 1.89. The molecular formula is C13H14N2O. The van der Waals surface area contributed by atoms with Gasteiger partial charge >= 0.3 is 0 Å². The SMILES string of the molecule is CC(C)Oc1cccc(-c2ccccn2)n1. The highest BCUT2D eigenvalue weighted by Gasteiger charge is 2.03. The molecule has 2 rings (SSSR count). The second-order valence-corrected chi connectivity index (χ2v) is 3.74. The van der Waals surface area contributed by atoms with Gasteiger partial charge < -0.3 is 4.74 Å². The number of ether oxygens (including phenoxy) is 1. The molecule has 0 fully saturated rings. The number of pyridine rings is 2. The highest BCUT2D eigenvalue weighted by atomic mass is 16.5. The first kappa shape index (κ1) is 10.6. The van der Waals surface area contributed by atoms with Crippen LogP contribution in [0.3, 0.4) is 0 Å². The third kappa shape index (κ3) is 2.57. The largest absolute Gasteiger partial charge is 0.475 e. The molecule has 0 aliphatic carbocycles. The van der Waals surface area contributed by atoms with E-state index in [1.54, 1.807) is 6.20 Å². The minimum Gasteiger partial charge on any atom is -0.475 e. The molecule has 82 valence electrons. The van der Waals surface area contributed by atoms with Crippen LogP contribution in [-0.4, -0.2) is 16.1 Å². The molecule has 2 aromatic heterocycles. The van der Waals surface area contributed by atoms with Gasteiger partial charge in [0.05, 0.1) is 17.5 Å². The van der Waals surface area contributed by atoms with Crippen LogP contribution in [0.15, 0.2) is 42.6 Å². The molecule has 0 saturated heterocycles. The second-order valence-electron chi connectivity index (χ2n) is 3.74. The maximum absolute atomic E-state index is 5.54. The first-order valence-corrected chi connectivity index (χ1v) is 5.31. The molecule has 0 atom stereocenters. The summed E-state index contributed by atoms with van der Waals surface area (Å²) in [6.45, 7) is 3.96. The molecule has 0 bridgehead atoms. The van der Waals surface area contributed by atoms with Crippen LogP contribution in [0.4, 0.5) is 0 Å². The van der Waals surface area contributed by atoms with E-state index in [0.717, 1.165) is 11.4 Å². The second kappa shape index (κ2) is 4.75. The van der Waals surface area contributed by atoms with Crippen molar-refractivity contribution < 1.29 is 4.74 Å². The van der Waals surface area contributed by atoms with Crippen LogP contribution in [0.25, 0.3) is 11.4 Å². The zero-order chi connectivity index (χ0) is 11.4. The quantitative estimate of drug-likeness (QED) is 0.788. The number of hydrogen-bond donors (Lipinski definition) is 0. The van der Waals surface area contributed by atoms with Gasteiger partial charge in [0.2, 0.25) is 5.88 Å². The van der Waals surface area contributed by atoms with Crippen molar-refractivity contribution >= 4 is 0 Å². The van der Waals surface area contributed by atoms with Gasteiger partial charge in [-0.3, -0.25) is 4.98 Å². The molecule has 0 aromatic carbocycles. The van der Waals surface area contributed by atoms with E-state index in [1.165, 1.54) is 0 Å². The van der Waals surface area contributed by atoms with E-state index in [0.29, 0.717) is 5.88 Å². The number of aromatic nitrogens is 2. The van der Waals surface area contributed by atoms with Crippen LogP contribution < -0.4 is 4.74 Å². The fourth-order valence-corrected chi connectivity index (χ4v) is 1.38. The summed E-state index contributed by atoms with van der Waals surface area (Å²) >= 11 is 0. The minimum atomic E-state index is 0.131. The van der Waals surface area contributed by atoms with E-state index >= 15 is 0 Å². The van der Waals surface area contributed by atoms with Crippen LogP contribution in [0.2, 0.25) is 0 Å². The van der Waals surface area contributed by atoms with Gasteiger partial charge in [0.1, 0.15) is 0 Å². The first-order valence-electron chi connectivity index (χ1n) is 5.31. The molecular weight excluding hydrogens is 200 g/mol. The van der Waals surface area contributed by atoms with Crippen molar-refractivity contribution in [3.8, 4) is 17.3 Å². The molecule has 0 saturated carbocycles. The standard InChI is InChI=1S/C13H14N2O/c1-10(2)16-13-8-5-7-12(15-13)11-6-3-4-9-14-11/h3-10H,1-2H3. The van der Waals surface area contributed by atoms with Crippen LogP contribution in [0, 0.1) is 0 Å². The molecule has 0 amide bonds. The van der Waals surface area contributed by atoms with Crippen molar-refractivity contribution in [2.75, 3.05) is 0 Å². The van der Waals surface area contributed by atoms with E-state index in [1.807, 2.05) is 50.2 Å². The first-order chi connectivity index (χ1) is 7.75. The maximum atomic E-state index is 5.54. The van der Waals surface area contributed by atoms with Crippen molar-refractivity contribution in [2.24, 2.45) is 0 Å². The number of nitrogens with zero attached hydrogens (tertiary/aromatic N) is 2. The molecule has 0 unspecified atom stereocenters. The molecule has 16 heavy (non-hydrogen) atoms. The zero-order valence-corrected chi connectivity index (χ0v) is 9.42. The van der Waals surface area contributed by atoms with Crippen molar-refractivity contribution in [1.29, 1.82) is 0 Å². The van der Waals surface area contributed by atoms with Crippen LogP contribution in [0.5, 0.6) is 5.88 Å². The zero-order valence-electron chi connectivity index (χ0n) is 9.42. The number of rotatable bonds is 3. The Labute approximate surface area is 95.1 Å². The average molecular weight is 214 g/mol. The molecule has 2 aromatic rings. The van der Waals surface area contributed by atoms with Gasteiger partial charge in [-0.25, -0.2) is 4.98 Å². The van der Waals surface area contributed by atoms with Gasteiger partial charge in [0.15, 0.2) is 0 Å². The molecule has 2 heterocycles. The Morgan fingerprint density at radius 2 is 1.81 bits per heavy atom. The molecule has 0 aliphatic heterocycles. The maximum Gasteiger partial charge on any atom is 0.214 e. The van der Waals surface area contributed by atoms with Gasteiger partial charge in [-0.1, -0.05) is 12.1 Å². The Bertz CT molecular complexity index is 454. The number of hydrogen-bond acceptors (Lipinski definition) is 3. The summed E-state index contributed by atoms with van der Waals surface area (Å²) in [5.74, 6) is 0.637. The highest BCUT2D eigenvalue weighted by Crippen LogP contribution is 2.17. The van der Waals surface area contributed by atoms with Crippen LogP contribution in [0.1, 0.15) is 13.8 Å². The third-order valence-electron chi connectivity index (χ3n) is 2.01. The average Bonchev–Trinajstić information content (AvgIpc) is 2.30. The Balaban J connectivity index is 2.29. The molecule has 0 radical (unpaired) electrons. The summed E-state index contributed by atoms with van der Waals surface area (Å²) in [6, 6.07) is 11.5. The summed E-state index contributed by atoms with van der Waals surface area (Å²) in [5.41, 5.74) is 1.69. The Morgan fingerprint density at radius 3 is 2.50 bits per heavy atom. The normalized spacial score (nSPS) is 10.4. The van der Waals surface area contributed by atoms with Crippen molar-refractivity contribution in [2.45, 2.75) is 20.0 Å². The third-order valence-corrected chi connectivity index (χ3v) is 2.01. The Hall–Kier alpha value is -1.90. The van der Waals surface area contributed by atoms with E-state index in [-0.39, 0.29) is 6.10 Å². The summed E-state index contributed by atoms with van der Waals surface area (Å²) in [4.78, 5) is 8.65. The van der Waals surface area contributed by atoms with Crippen LogP contribution >= 0.6 is 0 Å². The van der Waals surface area contributed by atoms with Crippen molar-refractivity contribution in [3.63, 3.8) is 0 Å². The van der Waals surface area contributed by atoms with E-state index in [2.05, 4.69) is 9.97 Å². The monoisotopic (exact) mass is 214 g/mol. The van der Waals surface area contributed by atoms with Crippen LogP contribution in [-0.2, 0) is 0 Å². The van der Waals surface area contributed by atoms with Gasteiger partial charge in [0.25, 0.3) is 0 Å². The predicted octanol–water partition coefficient (Wildman–Crippen LogP) is 2.93. The van der Waals surface area contributed by atoms with E-state index in [4.69, 9.17) is 4.74 Å². The fourth-order valence-electron chi connectivity index (χ4n) is 1.38. The Morgan fingerprint density at radius 1 is 1.00 bits per heavy atom. The highest BCUT2D eigenvalue weighted by molar-refractivity contribution is 5.54. The lowest BCUT2D eigenvalue weighted by Crippen LogP contribution is -2.07. The molecule has 3 heteroatoms. The summed E-state index contributed by atoms with van der Waals surface area (Å²) in [5, 5.41) is 0. The minimum absolute atomic E-state index is 0.131. The molecule has 0 aliphatic rings. The van der Waals surface area contributed by atoms with Crippen molar-refractivity contribution in [1.82, 2.24) is 9.97 Å². The summed E-state index contributed by atoms with van der Waals surface area (Å²) in [7, 11) is 0. The topological polar surface area (TPSA) is 35.0 Å². The summed E-state index contributed by atoms with van der Waals surface area (Å²) < 4.78 is 5.54. The Kier molecular flexibility index (Phi) is 3.15. The smallest absolute Gasteiger partial charge is 0.214 e. The van der Waals surface area contributed by atoms with E-state index < -0.39 is 0 Å². The molecule has 0 N–H and O–H groups in total. The van der Waals surface area contributed by atoms with Gasteiger partial charge in [0, 0.05) is 12.3 Å². The van der Waals surface area contributed by atoms with E-state index in [9.17, 15) is 0 Å². The molecule has 3 nitrogen and oxygen atoms in total. The lowest BCUT2D eigenvalue weighted by atomic mass is 10.2. The van der Waals surface area contributed by atoms with Gasteiger partial charge in [-0.2, -0.15) is 0 Å². The van der Waals surface area contributed by atoms with Gasteiger partial charge in [-0.15, -0.1) is 0 Å². The fraction of sp³-hybridized carbons (Fsp3) is 0.231. The van der Waals surface area contributed by atoms with Gasteiger partial charge in [-0.05, 0) is 32.0 Å².